The van der Waals surface area contributed by atoms with Crippen LogP contribution in [0.2, 0.25) is 0 Å². The largest absolute Gasteiger partial charge is 0.469 e. The van der Waals surface area contributed by atoms with Gasteiger partial charge in [-0.1, -0.05) is 33.6 Å². The lowest BCUT2D eigenvalue weighted by Gasteiger charge is -2.16. The van der Waals surface area contributed by atoms with Crippen molar-refractivity contribution in [2.75, 3.05) is 12.9 Å². The van der Waals surface area contributed by atoms with E-state index in [9.17, 15) is 4.79 Å². The van der Waals surface area contributed by atoms with Crippen LogP contribution in [0.5, 0.6) is 0 Å². The maximum atomic E-state index is 11.2. The van der Waals surface area contributed by atoms with Crippen molar-refractivity contribution >= 4 is 17.7 Å². The standard InChI is InChI=1S/C11H22O2S/c1-5-6-7-8-14-10(3)9(2)11(12)13-4/h9-10H,5-8H2,1-4H3. The first-order chi connectivity index (χ1) is 6.63. The number of ether oxygens (including phenoxy) is 1. The predicted molar refractivity (Wildman–Crippen MR) is 62.6 cm³/mol. The minimum Gasteiger partial charge on any atom is -0.469 e. The molecular weight excluding hydrogens is 196 g/mol. The first kappa shape index (κ1) is 13.8. The molecule has 0 aromatic rings. The Morgan fingerprint density at radius 1 is 1.36 bits per heavy atom. The highest BCUT2D eigenvalue weighted by molar-refractivity contribution is 7.99. The molecule has 0 amide bonds. The van der Waals surface area contributed by atoms with E-state index in [0.717, 1.165) is 5.75 Å². The molecule has 0 N–H and O–H groups in total. The van der Waals surface area contributed by atoms with Gasteiger partial charge in [-0.2, -0.15) is 11.8 Å². The fourth-order valence-corrected chi connectivity index (χ4v) is 2.29. The molecule has 0 heterocycles. The Bertz CT molecular complexity index is 159. The summed E-state index contributed by atoms with van der Waals surface area (Å²) < 4.78 is 4.71. The molecule has 0 aliphatic rings. The first-order valence-electron chi connectivity index (χ1n) is 5.32. The zero-order valence-corrected chi connectivity index (χ0v) is 10.5. The molecule has 3 heteroatoms. The van der Waals surface area contributed by atoms with Crippen molar-refractivity contribution in [3.8, 4) is 0 Å². The zero-order chi connectivity index (χ0) is 11.0. The SMILES string of the molecule is CCCCCSC(C)C(C)C(=O)OC. The van der Waals surface area contributed by atoms with Crippen LogP contribution < -0.4 is 0 Å². The Morgan fingerprint density at radius 3 is 2.50 bits per heavy atom. The van der Waals surface area contributed by atoms with Crippen LogP contribution in [-0.2, 0) is 9.53 Å². The molecule has 0 spiro atoms. The molecule has 0 saturated carbocycles. The van der Waals surface area contributed by atoms with E-state index in [1.165, 1.54) is 26.4 Å². The number of methoxy groups -OCH3 is 1. The van der Waals surface area contributed by atoms with Crippen molar-refractivity contribution in [2.24, 2.45) is 5.92 Å². The summed E-state index contributed by atoms with van der Waals surface area (Å²) in [4.78, 5) is 11.2. The van der Waals surface area contributed by atoms with Gasteiger partial charge >= 0.3 is 5.97 Å². The molecule has 0 fully saturated rings. The highest BCUT2D eigenvalue weighted by atomic mass is 32.2. The van der Waals surface area contributed by atoms with Crippen LogP contribution in [0, 0.1) is 5.92 Å². The van der Waals surface area contributed by atoms with E-state index in [0.29, 0.717) is 5.25 Å². The molecule has 84 valence electrons. The highest BCUT2D eigenvalue weighted by Gasteiger charge is 2.20. The number of thioether (sulfide) groups is 1. The average Bonchev–Trinajstić information content (AvgIpc) is 2.21. The van der Waals surface area contributed by atoms with Crippen molar-refractivity contribution in [1.29, 1.82) is 0 Å². The lowest BCUT2D eigenvalue weighted by atomic mass is 10.1. The molecule has 2 unspecified atom stereocenters. The fraction of sp³-hybridized carbons (Fsp3) is 0.909. The third kappa shape index (κ3) is 5.53. The molecule has 0 aliphatic carbocycles. The van der Waals surface area contributed by atoms with Crippen molar-refractivity contribution in [1.82, 2.24) is 0 Å². The van der Waals surface area contributed by atoms with Gasteiger partial charge < -0.3 is 4.74 Å². The van der Waals surface area contributed by atoms with Gasteiger partial charge in [0.15, 0.2) is 0 Å². The summed E-state index contributed by atoms with van der Waals surface area (Å²) in [7, 11) is 1.45. The second-order valence-corrected chi connectivity index (χ2v) is 5.08. The van der Waals surface area contributed by atoms with Crippen LogP contribution in [0.15, 0.2) is 0 Å². The average molecular weight is 218 g/mol. The molecular formula is C11H22O2S. The fourth-order valence-electron chi connectivity index (χ4n) is 1.14. The summed E-state index contributed by atoms with van der Waals surface area (Å²) in [5.74, 6) is 1.06. The lowest BCUT2D eigenvalue weighted by Crippen LogP contribution is -2.22. The van der Waals surface area contributed by atoms with Crippen LogP contribution in [0.3, 0.4) is 0 Å². The minimum absolute atomic E-state index is 0.00614. The van der Waals surface area contributed by atoms with Crippen LogP contribution in [0.4, 0.5) is 0 Å². The normalized spacial score (nSPS) is 14.9. The Morgan fingerprint density at radius 2 is 2.00 bits per heavy atom. The Labute approximate surface area is 91.8 Å². The van der Waals surface area contributed by atoms with Gasteiger partial charge in [0.1, 0.15) is 0 Å². The highest BCUT2D eigenvalue weighted by Crippen LogP contribution is 2.21. The number of carbonyl (C=O) groups is 1. The summed E-state index contributed by atoms with van der Waals surface area (Å²) in [6.45, 7) is 6.23. The lowest BCUT2D eigenvalue weighted by molar-refractivity contribution is -0.144. The molecule has 0 aromatic heterocycles. The van der Waals surface area contributed by atoms with Crippen molar-refractivity contribution in [3.05, 3.63) is 0 Å². The van der Waals surface area contributed by atoms with E-state index in [1.54, 1.807) is 0 Å². The van der Waals surface area contributed by atoms with E-state index >= 15 is 0 Å². The molecule has 0 aliphatic heterocycles. The van der Waals surface area contributed by atoms with Crippen LogP contribution in [0.25, 0.3) is 0 Å². The molecule has 0 rings (SSSR count). The van der Waals surface area contributed by atoms with Gasteiger partial charge in [-0.15, -0.1) is 0 Å². The summed E-state index contributed by atoms with van der Waals surface area (Å²) in [5, 5.41) is 0.360. The smallest absolute Gasteiger partial charge is 0.309 e. The minimum atomic E-state index is -0.0968. The maximum Gasteiger partial charge on any atom is 0.309 e. The second-order valence-electron chi connectivity index (χ2n) is 3.59. The molecule has 0 aromatic carbocycles. The van der Waals surface area contributed by atoms with Crippen LogP contribution in [0.1, 0.15) is 40.0 Å². The van der Waals surface area contributed by atoms with E-state index < -0.39 is 0 Å². The van der Waals surface area contributed by atoms with Crippen LogP contribution >= 0.6 is 11.8 Å². The van der Waals surface area contributed by atoms with Crippen molar-refractivity contribution < 1.29 is 9.53 Å². The predicted octanol–water partition coefficient (Wildman–Crippen LogP) is 3.11. The second kappa shape index (κ2) is 8.16. The van der Waals surface area contributed by atoms with Gasteiger partial charge in [-0.25, -0.2) is 0 Å². The summed E-state index contributed by atoms with van der Waals surface area (Å²) >= 11 is 1.87. The Hall–Kier alpha value is -0.180. The molecule has 2 nitrogen and oxygen atoms in total. The van der Waals surface area contributed by atoms with Gasteiger partial charge in [0, 0.05) is 5.25 Å². The van der Waals surface area contributed by atoms with Gasteiger partial charge in [0.05, 0.1) is 13.0 Å². The monoisotopic (exact) mass is 218 g/mol. The van der Waals surface area contributed by atoms with E-state index in [-0.39, 0.29) is 11.9 Å². The van der Waals surface area contributed by atoms with Gasteiger partial charge in [0.2, 0.25) is 0 Å². The Balaban J connectivity index is 3.61. The molecule has 0 radical (unpaired) electrons. The number of rotatable bonds is 7. The maximum absolute atomic E-state index is 11.2. The van der Waals surface area contributed by atoms with Crippen LogP contribution in [-0.4, -0.2) is 24.1 Å². The zero-order valence-electron chi connectivity index (χ0n) is 9.71. The number of hydrogen-bond donors (Lipinski definition) is 0. The number of hydrogen-bond acceptors (Lipinski definition) is 3. The molecule has 2 atom stereocenters. The molecule has 0 bridgehead atoms. The quantitative estimate of drug-likeness (QED) is 0.485. The van der Waals surface area contributed by atoms with Crippen molar-refractivity contribution in [2.45, 2.75) is 45.3 Å². The number of unbranched alkanes of at least 4 members (excludes halogenated alkanes) is 2. The Kier molecular flexibility index (Phi) is 8.05. The summed E-state index contributed by atoms with van der Waals surface area (Å²) in [5.41, 5.74) is 0. The van der Waals surface area contributed by atoms with Gasteiger partial charge in [-0.3, -0.25) is 4.79 Å². The topological polar surface area (TPSA) is 26.3 Å². The van der Waals surface area contributed by atoms with Crippen molar-refractivity contribution in [3.63, 3.8) is 0 Å². The molecule has 14 heavy (non-hydrogen) atoms. The third-order valence-corrected chi connectivity index (χ3v) is 3.86. The van der Waals surface area contributed by atoms with E-state index in [2.05, 4.69) is 13.8 Å². The first-order valence-corrected chi connectivity index (χ1v) is 6.37. The van der Waals surface area contributed by atoms with Gasteiger partial charge in [-0.05, 0) is 12.2 Å². The third-order valence-electron chi connectivity index (χ3n) is 2.41. The van der Waals surface area contributed by atoms with E-state index in [1.807, 2.05) is 18.7 Å². The van der Waals surface area contributed by atoms with E-state index in [4.69, 9.17) is 4.74 Å². The summed E-state index contributed by atoms with van der Waals surface area (Å²) in [6, 6.07) is 0. The van der Waals surface area contributed by atoms with Gasteiger partial charge in [0.25, 0.3) is 0 Å². The number of esters is 1. The number of carbonyl (C=O) groups excluding carboxylic acids is 1. The molecule has 0 saturated heterocycles. The summed E-state index contributed by atoms with van der Waals surface area (Å²) in [6.07, 6.45) is 3.78.